The fraction of sp³-hybridized carbons (Fsp3) is 0.130. The number of rotatable bonds is 7. The molecular formula is C23H21N5O3. The van der Waals surface area contributed by atoms with Crippen LogP contribution in [0.4, 0.5) is 5.69 Å². The predicted octanol–water partition coefficient (Wildman–Crippen LogP) is 4.09. The molecule has 4 rings (SSSR count). The maximum absolute atomic E-state index is 12.1. The lowest BCUT2D eigenvalue weighted by Crippen LogP contribution is -2.20. The summed E-state index contributed by atoms with van der Waals surface area (Å²) in [4.78, 5) is 12.1. The van der Waals surface area contributed by atoms with Crippen LogP contribution in [0.25, 0.3) is 5.82 Å². The second-order valence-electron chi connectivity index (χ2n) is 6.86. The lowest BCUT2D eigenvalue weighted by Gasteiger charge is -2.10. The van der Waals surface area contributed by atoms with Crippen molar-refractivity contribution in [3.63, 3.8) is 0 Å². The summed E-state index contributed by atoms with van der Waals surface area (Å²) in [5.41, 5.74) is 2.52. The van der Waals surface area contributed by atoms with Crippen molar-refractivity contribution in [2.24, 2.45) is 0 Å². The minimum absolute atomic E-state index is 0.0686. The van der Waals surface area contributed by atoms with Crippen LogP contribution in [-0.2, 0) is 4.79 Å². The molecule has 2 aromatic heterocycles. The highest BCUT2D eigenvalue weighted by atomic mass is 16.5. The molecule has 0 aliphatic carbocycles. The van der Waals surface area contributed by atoms with Crippen molar-refractivity contribution < 1.29 is 14.3 Å². The van der Waals surface area contributed by atoms with E-state index >= 15 is 0 Å². The van der Waals surface area contributed by atoms with Gasteiger partial charge in [0, 0.05) is 18.0 Å². The summed E-state index contributed by atoms with van der Waals surface area (Å²) in [7, 11) is 0. The first kappa shape index (κ1) is 20.1. The quantitative estimate of drug-likeness (QED) is 0.489. The van der Waals surface area contributed by atoms with Crippen LogP contribution in [0.1, 0.15) is 11.3 Å². The third-order valence-corrected chi connectivity index (χ3v) is 4.40. The number of aromatic nitrogens is 4. The molecule has 0 saturated heterocycles. The van der Waals surface area contributed by atoms with Crippen LogP contribution in [0.15, 0.2) is 72.9 Å². The number of hydrogen-bond acceptors (Lipinski definition) is 6. The van der Waals surface area contributed by atoms with Gasteiger partial charge in [0.2, 0.25) is 5.88 Å². The smallest absolute Gasteiger partial charge is 0.262 e. The van der Waals surface area contributed by atoms with Gasteiger partial charge in [-0.1, -0.05) is 18.2 Å². The Hall–Kier alpha value is -4.20. The number of carbonyl (C=O) groups is 1. The molecule has 0 fully saturated rings. The molecule has 8 heteroatoms. The van der Waals surface area contributed by atoms with Crippen molar-refractivity contribution in [1.29, 1.82) is 0 Å². The molecule has 0 aliphatic heterocycles. The van der Waals surface area contributed by atoms with E-state index in [4.69, 9.17) is 9.47 Å². The third-order valence-electron chi connectivity index (χ3n) is 4.40. The van der Waals surface area contributed by atoms with Crippen molar-refractivity contribution in [2.45, 2.75) is 13.8 Å². The number of benzene rings is 2. The number of ether oxygens (including phenoxy) is 2. The highest BCUT2D eigenvalue weighted by Gasteiger charge is 2.07. The zero-order chi connectivity index (χ0) is 21.6. The van der Waals surface area contributed by atoms with Crippen LogP contribution >= 0.6 is 0 Å². The molecule has 0 saturated carbocycles. The molecule has 0 bridgehead atoms. The number of amides is 1. The zero-order valence-electron chi connectivity index (χ0n) is 17.1. The summed E-state index contributed by atoms with van der Waals surface area (Å²) in [6.45, 7) is 3.77. The Bertz CT molecular complexity index is 1170. The van der Waals surface area contributed by atoms with Crippen LogP contribution < -0.4 is 14.8 Å². The highest BCUT2D eigenvalue weighted by Crippen LogP contribution is 2.22. The number of nitrogens with zero attached hydrogens (tertiary/aromatic N) is 4. The maximum Gasteiger partial charge on any atom is 0.262 e. The molecule has 156 valence electrons. The molecule has 2 heterocycles. The number of nitrogens with one attached hydrogen (secondary N) is 1. The van der Waals surface area contributed by atoms with Crippen LogP contribution in [0.2, 0.25) is 0 Å². The summed E-state index contributed by atoms with van der Waals surface area (Å²) in [6, 6.07) is 19.9. The van der Waals surface area contributed by atoms with Crippen LogP contribution in [0, 0.1) is 13.8 Å². The van der Waals surface area contributed by atoms with E-state index in [0.717, 1.165) is 11.3 Å². The van der Waals surface area contributed by atoms with E-state index in [1.54, 1.807) is 41.1 Å². The molecule has 0 aliphatic rings. The normalized spacial score (nSPS) is 10.5. The lowest BCUT2D eigenvalue weighted by atomic mass is 10.2. The minimum atomic E-state index is -0.243. The molecule has 2 aromatic carbocycles. The highest BCUT2D eigenvalue weighted by molar-refractivity contribution is 5.91. The second kappa shape index (κ2) is 9.08. The lowest BCUT2D eigenvalue weighted by molar-refractivity contribution is -0.118. The second-order valence-corrected chi connectivity index (χ2v) is 6.86. The van der Waals surface area contributed by atoms with Gasteiger partial charge >= 0.3 is 0 Å². The molecule has 0 spiro atoms. The molecule has 0 atom stereocenters. The summed E-state index contributed by atoms with van der Waals surface area (Å²) < 4.78 is 12.9. The topological polar surface area (TPSA) is 91.2 Å². The van der Waals surface area contributed by atoms with Crippen molar-refractivity contribution in [3.8, 4) is 23.2 Å². The fourth-order valence-corrected chi connectivity index (χ4v) is 2.82. The SMILES string of the molecule is Cc1ccn(-c2ccc(Oc3ccc(NC(=O)COc4ccccc4C)cc3)nn2)n1. The van der Waals surface area contributed by atoms with Gasteiger partial charge in [-0.3, -0.25) is 4.79 Å². The fourth-order valence-electron chi connectivity index (χ4n) is 2.82. The molecular weight excluding hydrogens is 394 g/mol. The largest absolute Gasteiger partial charge is 0.483 e. The molecule has 1 N–H and O–H groups in total. The third kappa shape index (κ3) is 5.24. The average molecular weight is 415 g/mol. The number of carbonyl (C=O) groups excluding carboxylic acids is 1. The van der Waals surface area contributed by atoms with E-state index in [1.807, 2.05) is 50.4 Å². The Kier molecular flexibility index (Phi) is 5.89. The predicted molar refractivity (Wildman–Crippen MR) is 116 cm³/mol. The number of hydrogen-bond donors (Lipinski definition) is 1. The standard InChI is InChI=1S/C23H21N5O3/c1-16-5-3-4-6-20(16)30-15-22(29)24-18-7-9-19(10-8-18)31-23-12-11-21(25-26-23)28-14-13-17(2)27-28/h3-14H,15H2,1-2H3,(H,24,29). The maximum atomic E-state index is 12.1. The molecule has 31 heavy (non-hydrogen) atoms. The van der Waals surface area contributed by atoms with E-state index in [9.17, 15) is 4.79 Å². The summed E-state index contributed by atoms with van der Waals surface area (Å²) in [5, 5.41) is 15.3. The van der Waals surface area contributed by atoms with Gasteiger partial charge in [0.15, 0.2) is 12.4 Å². The summed E-state index contributed by atoms with van der Waals surface area (Å²) >= 11 is 0. The van der Waals surface area contributed by atoms with Gasteiger partial charge in [-0.05, 0) is 61.9 Å². The van der Waals surface area contributed by atoms with Gasteiger partial charge in [-0.15, -0.1) is 10.2 Å². The van der Waals surface area contributed by atoms with Crippen molar-refractivity contribution in [3.05, 3.63) is 84.2 Å². The number of anilines is 1. The molecule has 1 amide bonds. The Morgan fingerprint density at radius 1 is 0.968 bits per heavy atom. The van der Waals surface area contributed by atoms with E-state index in [-0.39, 0.29) is 12.5 Å². The van der Waals surface area contributed by atoms with Crippen molar-refractivity contribution in [2.75, 3.05) is 11.9 Å². The Labute approximate surface area is 179 Å². The first-order valence-corrected chi connectivity index (χ1v) is 9.69. The molecule has 0 radical (unpaired) electrons. The Balaban J connectivity index is 1.30. The van der Waals surface area contributed by atoms with E-state index in [1.165, 1.54) is 0 Å². The van der Waals surface area contributed by atoms with Crippen LogP contribution in [0.5, 0.6) is 17.4 Å². The molecule has 4 aromatic rings. The van der Waals surface area contributed by atoms with Gasteiger partial charge in [0.25, 0.3) is 5.91 Å². The van der Waals surface area contributed by atoms with Gasteiger partial charge in [-0.25, -0.2) is 4.68 Å². The summed E-state index contributed by atoms with van der Waals surface area (Å²) in [5.74, 6) is 1.98. The first-order valence-electron chi connectivity index (χ1n) is 9.69. The Morgan fingerprint density at radius 2 is 1.77 bits per heavy atom. The monoisotopic (exact) mass is 415 g/mol. The van der Waals surface area contributed by atoms with Crippen LogP contribution in [0.3, 0.4) is 0 Å². The van der Waals surface area contributed by atoms with E-state index < -0.39 is 0 Å². The van der Waals surface area contributed by atoms with Gasteiger partial charge in [0.1, 0.15) is 11.5 Å². The zero-order valence-corrected chi connectivity index (χ0v) is 17.1. The molecule has 0 unspecified atom stereocenters. The molecule has 8 nitrogen and oxygen atoms in total. The van der Waals surface area contributed by atoms with E-state index in [0.29, 0.717) is 28.9 Å². The average Bonchev–Trinajstić information content (AvgIpc) is 3.21. The van der Waals surface area contributed by atoms with E-state index in [2.05, 4.69) is 20.6 Å². The van der Waals surface area contributed by atoms with Crippen LogP contribution in [-0.4, -0.2) is 32.5 Å². The minimum Gasteiger partial charge on any atom is -0.483 e. The summed E-state index contributed by atoms with van der Waals surface area (Å²) in [6.07, 6.45) is 1.82. The number of para-hydroxylation sites is 1. The van der Waals surface area contributed by atoms with Gasteiger partial charge < -0.3 is 14.8 Å². The van der Waals surface area contributed by atoms with Crippen molar-refractivity contribution in [1.82, 2.24) is 20.0 Å². The first-order chi connectivity index (χ1) is 15.1. The number of aryl methyl sites for hydroxylation is 2. The van der Waals surface area contributed by atoms with Gasteiger partial charge in [0.05, 0.1) is 5.69 Å². The van der Waals surface area contributed by atoms with Gasteiger partial charge in [-0.2, -0.15) is 5.10 Å². The Morgan fingerprint density at radius 3 is 2.45 bits per heavy atom. The van der Waals surface area contributed by atoms with Crippen molar-refractivity contribution >= 4 is 11.6 Å².